The van der Waals surface area contributed by atoms with Crippen LogP contribution in [0.1, 0.15) is 15.4 Å². The zero-order valence-corrected chi connectivity index (χ0v) is 11.7. The van der Waals surface area contributed by atoms with Gasteiger partial charge in [0.25, 0.3) is 5.91 Å². The van der Waals surface area contributed by atoms with Crippen molar-refractivity contribution in [2.24, 2.45) is 5.73 Å². The van der Waals surface area contributed by atoms with E-state index >= 15 is 0 Å². The maximum Gasteiger partial charge on any atom is 0.254 e. The van der Waals surface area contributed by atoms with Crippen molar-refractivity contribution < 1.29 is 18.3 Å². The first-order valence-electron chi connectivity index (χ1n) is 4.99. The molecule has 100 valence electrons. The molecule has 0 saturated heterocycles. The van der Waals surface area contributed by atoms with Gasteiger partial charge in [-0.2, -0.15) is 0 Å². The van der Waals surface area contributed by atoms with Gasteiger partial charge in [-0.3, -0.25) is 4.79 Å². The zero-order valence-electron chi connectivity index (χ0n) is 9.32. The van der Waals surface area contributed by atoms with Crippen molar-refractivity contribution in [2.75, 3.05) is 0 Å². The summed E-state index contributed by atoms with van der Waals surface area (Å²) >= 11 is 4.49. The van der Waals surface area contributed by atoms with E-state index in [1.54, 1.807) is 5.38 Å². The van der Waals surface area contributed by atoms with Gasteiger partial charge in [0.15, 0.2) is 11.6 Å². The van der Waals surface area contributed by atoms with E-state index in [1.165, 1.54) is 11.3 Å². The van der Waals surface area contributed by atoms with E-state index < -0.39 is 23.1 Å². The first-order valence-corrected chi connectivity index (χ1v) is 6.67. The van der Waals surface area contributed by atoms with E-state index in [0.29, 0.717) is 9.61 Å². The number of aromatic nitrogens is 1. The summed E-state index contributed by atoms with van der Waals surface area (Å²) in [5.41, 5.74) is 4.10. The van der Waals surface area contributed by atoms with Crippen LogP contribution in [0.15, 0.2) is 22.1 Å². The number of amides is 1. The van der Waals surface area contributed by atoms with E-state index in [-0.39, 0.29) is 12.4 Å². The second kappa shape index (κ2) is 5.62. The Hall–Kier alpha value is -1.54. The number of carbonyl (C=O) groups excluding carboxylic acids is 1. The van der Waals surface area contributed by atoms with Gasteiger partial charge in [-0.1, -0.05) is 0 Å². The van der Waals surface area contributed by atoms with Crippen LogP contribution >= 0.6 is 27.3 Å². The number of hydrogen-bond donors (Lipinski definition) is 1. The highest BCUT2D eigenvalue weighted by Crippen LogP contribution is 2.24. The first kappa shape index (κ1) is 13.9. The van der Waals surface area contributed by atoms with Crippen molar-refractivity contribution in [2.45, 2.75) is 6.61 Å². The Morgan fingerprint density at radius 2 is 2.21 bits per heavy atom. The van der Waals surface area contributed by atoms with Gasteiger partial charge < -0.3 is 10.5 Å². The fourth-order valence-corrected chi connectivity index (χ4v) is 2.54. The second-order valence-electron chi connectivity index (χ2n) is 3.45. The summed E-state index contributed by atoms with van der Waals surface area (Å²) in [7, 11) is 0. The largest absolute Gasteiger partial charge is 0.483 e. The maximum absolute atomic E-state index is 13.8. The molecule has 19 heavy (non-hydrogen) atoms. The molecule has 1 aromatic heterocycles. The van der Waals surface area contributed by atoms with E-state index in [9.17, 15) is 13.6 Å². The van der Waals surface area contributed by atoms with Crippen molar-refractivity contribution in [3.8, 4) is 5.75 Å². The van der Waals surface area contributed by atoms with Gasteiger partial charge in [0.2, 0.25) is 0 Å². The van der Waals surface area contributed by atoms with Crippen molar-refractivity contribution in [1.29, 1.82) is 0 Å². The molecule has 0 bridgehead atoms. The standard InChI is InChI=1S/C11H7BrF2N2O2S/c12-7-4-19-8(16-7)3-18-6-2-1-5(13)9(10(6)14)11(15)17/h1-2,4H,3H2,(H2,15,17). The molecular formula is C11H7BrF2N2O2S. The molecular weight excluding hydrogens is 342 g/mol. The highest BCUT2D eigenvalue weighted by atomic mass is 79.9. The number of benzene rings is 1. The molecule has 0 aliphatic carbocycles. The number of halogens is 3. The van der Waals surface area contributed by atoms with Crippen LogP contribution in [0.4, 0.5) is 8.78 Å². The molecule has 2 aromatic rings. The van der Waals surface area contributed by atoms with Gasteiger partial charge in [-0.15, -0.1) is 11.3 Å². The quantitative estimate of drug-likeness (QED) is 0.923. The van der Waals surface area contributed by atoms with E-state index in [0.717, 1.165) is 12.1 Å². The molecule has 0 aliphatic rings. The highest BCUT2D eigenvalue weighted by Gasteiger charge is 2.19. The van der Waals surface area contributed by atoms with Gasteiger partial charge in [0, 0.05) is 5.38 Å². The average molecular weight is 349 g/mol. The minimum atomic E-state index is -1.18. The summed E-state index contributed by atoms with van der Waals surface area (Å²) in [6, 6.07) is 2.02. The molecule has 0 spiro atoms. The molecule has 1 amide bonds. The molecule has 0 radical (unpaired) electrons. The number of primary amides is 1. The average Bonchev–Trinajstić information content (AvgIpc) is 2.74. The lowest BCUT2D eigenvalue weighted by atomic mass is 10.2. The van der Waals surface area contributed by atoms with Crippen molar-refractivity contribution in [1.82, 2.24) is 4.98 Å². The zero-order chi connectivity index (χ0) is 14.0. The maximum atomic E-state index is 13.8. The highest BCUT2D eigenvalue weighted by molar-refractivity contribution is 9.10. The van der Waals surface area contributed by atoms with Crippen LogP contribution in [0.3, 0.4) is 0 Å². The summed E-state index contributed by atoms with van der Waals surface area (Å²) in [5, 5.41) is 2.35. The first-order chi connectivity index (χ1) is 8.99. The van der Waals surface area contributed by atoms with E-state index in [1.807, 2.05) is 0 Å². The molecule has 0 fully saturated rings. The van der Waals surface area contributed by atoms with Gasteiger partial charge >= 0.3 is 0 Å². The second-order valence-corrected chi connectivity index (χ2v) is 5.21. The Morgan fingerprint density at radius 1 is 1.47 bits per heavy atom. The Balaban J connectivity index is 2.21. The SMILES string of the molecule is NC(=O)c1c(F)ccc(OCc2nc(Br)cs2)c1F. The van der Waals surface area contributed by atoms with Crippen LogP contribution in [0, 0.1) is 11.6 Å². The Kier molecular flexibility index (Phi) is 4.11. The predicted octanol–water partition coefficient (Wildman–Crippen LogP) is 2.86. The van der Waals surface area contributed by atoms with Gasteiger partial charge in [0.1, 0.15) is 27.6 Å². The number of thiazole rings is 1. The Labute approximate surface area is 119 Å². The molecule has 1 aromatic carbocycles. The summed E-state index contributed by atoms with van der Waals surface area (Å²) in [6.45, 7) is 0.0109. The van der Waals surface area contributed by atoms with Crippen molar-refractivity contribution in [3.63, 3.8) is 0 Å². The number of carbonyl (C=O) groups is 1. The van der Waals surface area contributed by atoms with Gasteiger partial charge in [-0.25, -0.2) is 13.8 Å². The van der Waals surface area contributed by atoms with E-state index in [2.05, 4.69) is 20.9 Å². The fourth-order valence-electron chi connectivity index (χ4n) is 1.36. The topological polar surface area (TPSA) is 65.2 Å². The third-order valence-electron chi connectivity index (χ3n) is 2.18. The lowest BCUT2D eigenvalue weighted by Gasteiger charge is -2.08. The number of ether oxygens (including phenoxy) is 1. The molecule has 0 aliphatic heterocycles. The Bertz CT molecular complexity index is 633. The number of nitrogens with two attached hydrogens (primary N) is 1. The summed E-state index contributed by atoms with van der Waals surface area (Å²) in [4.78, 5) is 15.0. The molecule has 4 nitrogen and oxygen atoms in total. The molecule has 1 heterocycles. The summed E-state index contributed by atoms with van der Waals surface area (Å²) in [5.74, 6) is -3.56. The van der Waals surface area contributed by atoms with Gasteiger partial charge in [-0.05, 0) is 28.1 Å². The minimum Gasteiger partial charge on any atom is -0.483 e. The summed E-state index contributed by atoms with van der Waals surface area (Å²) < 4.78 is 32.8. The van der Waals surface area contributed by atoms with Crippen LogP contribution < -0.4 is 10.5 Å². The molecule has 0 atom stereocenters. The smallest absolute Gasteiger partial charge is 0.254 e. The predicted molar refractivity (Wildman–Crippen MR) is 69.0 cm³/mol. The molecule has 2 rings (SSSR count). The number of nitrogens with zero attached hydrogens (tertiary/aromatic N) is 1. The lowest BCUT2D eigenvalue weighted by molar-refractivity contribution is 0.0991. The number of rotatable bonds is 4. The lowest BCUT2D eigenvalue weighted by Crippen LogP contribution is -2.16. The number of hydrogen-bond acceptors (Lipinski definition) is 4. The van der Waals surface area contributed by atoms with Crippen molar-refractivity contribution in [3.05, 3.63) is 44.3 Å². The Morgan fingerprint density at radius 3 is 2.79 bits per heavy atom. The normalized spacial score (nSPS) is 10.5. The third-order valence-corrected chi connectivity index (χ3v) is 3.71. The molecule has 8 heteroatoms. The monoisotopic (exact) mass is 348 g/mol. The molecule has 2 N–H and O–H groups in total. The summed E-state index contributed by atoms with van der Waals surface area (Å²) in [6.07, 6.45) is 0. The van der Waals surface area contributed by atoms with Crippen molar-refractivity contribution >= 4 is 33.2 Å². The molecule has 0 saturated carbocycles. The molecule has 0 unspecified atom stereocenters. The third kappa shape index (κ3) is 3.07. The van der Waals surface area contributed by atoms with Crippen LogP contribution in [0.2, 0.25) is 0 Å². The minimum absolute atomic E-state index is 0.0109. The fraction of sp³-hybridized carbons (Fsp3) is 0.0909. The van der Waals surface area contributed by atoms with Crippen LogP contribution in [0.5, 0.6) is 5.75 Å². The van der Waals surface area contributed by atoms with E-state index in [4.69, 9.17) is 10.5 Å². The van der Waals surface area contributed by atoms with Gasteiger partial charge in [0.05, 0.1) is 0 Å². The van der Waals surface area contributed by atoms with Crippen LogP contribution in [-0.2, 0) is 6.61 Å². The van der Waals surface area contributed by atoms with Crippen LogP contribution in [-0.4, -0.2) is 10.9 Å². The van der Waals surface area contributed by atoms with Crippen LogP contribution in [0.25, 0.3) is 0 Å².